The molecule has 0 amide bonds. The molecule has 0 aliphatic rings. The van der Waals surface area contributed by atoms with E-state index >= 15 is 0 Å². The summed E-state index contributed by atoms with van der Waals surface area (Å²) < 4.78 is 38.8. The third-order valence-corrected chi connectivity index (χ3v) is 4.56. The van der Waals surface area contributed by atoms with Gasteiger partial charge in [0, 0.05) is 18.5 Å². The Morgan fingerprint density at radius 1 is 1.15 bits per heavy atom. The minimum atomic E-state index is -3.62. The number of aromatic nitrogens is 4. The number of hydrogen-bond acceptors (Lipinski definition) is 7. The third-order valence-electron chi connectivity index (χ3n) is 3.33. The van der Waals surface area contributed by atoms with Crippen LogP contribution in [0, 0.1) is 0 Å². The average Bonchev–Trinajstić information content (AvgIpc) is 3.17. The summed E-state index contributed by atoms with van der Waals surface area (Å²) in [5.41, 5.74) is 0. The minimum Gasteiger partial charge on any atom is -0.497 e. The van der Waals surface area contributed by atoms with Crippen LogP contribution >= 0.6 is 0 Å². The maximum Gasteiger partial charge on any atom is 0.237 e. The number of ether oxygens (including phenoxy) is 2. The Morgan fingerprint density at radius 2 is 1.92 bits per heavy atom. The Labute approximate surface area is 150 Å². The highest BCUT2D eigenvalue weighted by Crippen LogP contribution is 2.17. The van der Waals surface area contributed by atoms with Crippen molar-refractivity contribution in [3.63, 3.8) is 0 Å². The normalized spacial score (nSPS) is 11.1. The highest BCUT2D eigenvalue weighted by Gasteiger charge is 2.13. The molecule has 0 aliphatic carbocycles. The molecule has 0 saturated carbocycles. The van der Waals surface area contributed by atoms with Crippen molar-refractivity contribution in [3.05, 3.63) is 55.1 Å². The first-order valence-corrected chi connectivity index (χ1v) is 9.30. The van der Waals surface area contributed by atoms with E-state index in [-0.39, 0.29) is 18.2 Å². The number of anilines is 1. The second kappa shape index (κ2) is 7.83. The molecule has 0 fully saturated rings. The van der Waals surface area contributed by atoms with Crippen LogP contribution in [0.5, 0.6) is 11.5 Å². The maximum absolute atomic E-state index is 12.2. The van der Waals surface area contributed by atoms with Gasteiger partial charge >= 0.3 is 0 Å². The van der Waals surface area contributed by atoms with Gasteiger partial charge in [-0.15, -0.1) is 0 Å². The summed E-state index contributed by atoms with van der Waals surface area (Å²) in [6.45, 7) is -0.00123. The molecule has 0 unspecified atom stereocenters. The number of benzene rings is 1. The molecule has 9 nitrogen and oxygen atoms in total. The maximum atomic E-state index is 12.2. The summed E-state index contributed by atoms with van der Waals surface area (Å²) in [5.74, 6) is 1.65. The third kappa shape index (κ3) is 4.70. The molecule has 0 spiro atoms. The van der Waals surface area contributed by atoms with Crippen molar-refractivity contribution in [2.45, 2.75) is 0 Å². The van der Waals surface area contributed by atoms with Crippen molar-refractivity contribution < 1.29 is 17.9 Å². The van der Waals surface area contributed by atoms with E-state index in [1.54, 1.807) is 49.8 Å². The van der Waals surface area contributed by atoms with Gasteiger partial charge in [0.25, 0.3) is 0 Å². The van der Waals surface area contributed by atoms with Gasteiger partial charge in [0.1, 0.15) is 36.0 Å². The second-order valence-electron chi connectivity index (χ2n) is 5.16. The summed E-state index contributed by atoms with van der Waals surface area (Å²) in [7, 11) is -2.05. The van der Waals surface area contributed by atoms with Crippen molar-refractivity contribution in [2.75, 3.05) is 24.2 Å². The topological polar surface area (TPSA) is 108 Å². The van der Waals surface area contributed by atoms with Crippen molar-refractivity contribution >= 4 is 15.8 Å². The standard InChI is InChI=1S/C16H17N5O4S/c1-24-13-3-5-14(6-4-13)25-9-10-26(22,23)20-15-11-16(18-12-17-15)21-8-2-7-19-21/h2-8,11-12H,9-10H2,1H3,(H,17,18,20). The SMILES string of the molecule is COc1ccc(OCCS(=O)(=O)Nc2cc(-n3cccn3)ncn2)cc1. The Balaban J connectivity index is 1.57. The molecule has 10 heteroatoms. The van der Waals surface area contributed by atoms with Gasteiger partial charge in [0.2, 0.25) is 10.0 Å². The fourth-order valence-corrected chi connectivity index (χ4v) is 2.92. The van der Waals surface area contributed by atoms with Gasteiger partial charge in [-0.25, -0.2) is 23.1 Å². The number of methoxy groups -OCH3 is 1. The van der Waals surface area contributed by atoms with Crippen LogP contribution in [0.25, 0.3) is 5.82 Å². The van der Waals surface area contributed by atoms with Crippen LogP contribution in [0.15, 0.2) is 55.1 Å². The van der Waals surface area contributed by atoms with Crippen LogP contribution in [0.4, 0.5) is 5.82 Å². The van der Waals surface area contributed by atoms with Gasteiger partial charge < -0.3 is 9.47 Å². The molecule has 136 valence electrons. The van der Waals surface area contributed by atoms with Crippen molar-refractivity contribution in [1.29, 1.82) is 0 Å². The van der Waals surface area contributed by atoms with Crippen LogP contribution in [0.2, 0.25) is 0 Å². The lowest BCUT2D eigenvalue weighted by Gasteiger charge is -2.10. The molecular weight excluding hydrogens is 358 g/mol. The Hall–Kier alpha value is -3.14. The highest BCUT2D eigenvalue weighted by atomic mass is 32.2. The number of hydrogen-bond donors (Lipinski definition) is 1. The summed E-state index contributed by atoms with van der Waals surface area (Å²) in [6.07, 6.45) is 4.56. The first-order valence-electron chi connectivity index (χ1n) is 7.65. The molecule has 0 atom stereocenters. The van der Waals surface area contributed by atoms with Crippen molar-refractivity contribution in [3.8, 4) is 17.3 Å². The van der Waals surface area contributed by atoms with Crippen molar-refractivity contribution in [1.82, 2.24) is 19.7 Å². The molecule has 1 aromatic carbocycles. The summed E-state index contributed by atoms with van der Waals surface area (Å²) in [4.78, 5) is 7.97. The van der Waals surface area contributed by atoms with E-state index in [2.05, 4.69) is 19.8 Å². The van der Waals surface area contributed by atoms with Crippen molar-refractivity contribution in [2.24, 2.45) is 0 Å². The number of nitrogens with one attached hydrogen (secondary N) is 1. The zero-order chi connectivity index (χ0) is 18.4. The monoisotopic (exact) mass is 375 g/mol. The lowest BCUT2D eigenvalue weighted by molar-refractivity contribution is 0.340. The molecule has 2 aromatic heterocycles. The Morgan fingerprint density at radius 3 is 2.62 bits per heavy atom. The van der Waals surface area contributed by atoms with E-state index in [0.717, 1.165) is 0 Å². The summed E-state index contributed by atoms with van der Waals surface area (Å²) in [6, 6.07) is 10.1. The Bertz CT molecular complexity index is 943. The van der Waals surface area contributed by atoms with Crippen LogP contribution < -0.4 is 14.2 Å². The molecule has 1 N–H and O–H groups in total. The van der Waals surface area contributed by atoms with E-state index in [1.807, 2.05) is 0 Å². The lowest BCUT2D eigenvalue weighted by atomic mass is 10.3. The fraction of sp³-hybridized carbons (Fsp3) is 0.188. The molecule has 0 saturated heterocycles. The number of rotatable bonds is 8. The number of sulfonamides is 1. The van der Waals surface area contributed by atoms with E-state index < -0.39 is 10.0 Å². The highest BCUT2D eigenvalue weighted by molar-refractivity contribution is 7.92. The largest absolute Gasteiger partial charge is 0.497 e. The van der Waals surface area contributed by atoms with E-state index in [1.165, 1.54) is 17.1 Å². The lowest BCUT2D eigenvalue weighted by Crippen LogP contribution is -2.22. The summed E-state index contributed by atoms with van der Waals surface area (Å²) >= 11 is 0. The number of nitrogens with zero attached hydrogens (tertiary/aromatic N) is 4. The smallest absolute Gasteiger partial charge is 0.237 e. The predicted molar refractivity (Wildman–Crippen MR) is 95.1 cm³/mol. The molecule has 26 heavy (non-hydrogen) atoms. The average molecular weight is 375 g/mol. The quantitative estimate of drug-likeness (QED) is 0.635. The van der Waals surface area contributed by atoms with Gasteiger partial charge in [0.15, 0.2) is 5.82 Å². The van der Waals surface area contributed by atoms with E-state index in [9.17, 15) is 8.42 Å². The molecule has 2 heterocycles. The van der Waals surface area contributed by atoms with Gasteiger partial charge in [0.05, 0.1) is 7.11 Å². The van der Waals surface area contributed by atoms with Crippen LogP contribution in [0.1, 0.15) is 0 Å². The summed E-state index contributed by atoms with van der Waals surface area (Å²) in [5, 5.41) is 4.04. The second-order valence-corrected chi connectivity index (χ2v) is 7.00. The molecule has 3 rings (SSSR count). The van der Waals surface area contributed by atoms with Gasteiger partial charge in [-0.3, -0.25) is 4.72 Å². The molecule has 0 radical (unpaired) electrons. The minimum absolute atomic E-state index is 0.00123. The predicted octanol–water partition coefficient (Wildman–Crippen LogP) is 1.49. The zero-order valence-corrected chi connectivity index (χ0v) is 14.8. The first kappa shape index (κ1) is 17.7. The molecular formula is C16H17N5O4S. The first-order chi connectivity index (χ1) is 12.6. The van der Waals surface area contributed by atoms with Gasteiger partial charge in [-0.1, -0.05) is 0 Å². The zero-order valence-electron chi connectivity index (χ0n) is 13.9. The van der Waals surface area contributed by atoms with Crippen LogP contribution in [-0.4, -0.2) is 47.6 Å². The van der Waals surface area contributed by atoms with Crippen LogP contribution in [0.3, 0.4) is 0 Å². The van der Waals surface area contributed by atoms with Crippen LogP contribution in [-0.2, 0) is 10.0 Å². The molecule has 3 aromatic rings. The van der Waals surface area contributed by atoms with Gasteiger partial charge in [-0.2, -0.15) is 5.10 Å². The van der Waals surface area contributed by atoms with Gasteiger partial charge in [-0.05, 0) is 30.3 Å². The fourth-order valence-electron chi connectivity index (χ4n) is 2.08. The molecule has 0 bridgehead atoms. The Kier molecular flexibility index (Phi) is 5.32. The van der Waals surface area contributed by atoms with E-state index in [0.29, 0.717) is 17.3 Å². The van der Waals surface area contributed by atoms with E-state index in [4.69, 9.17) is 9.47 Å². The molecule has 0 aliphatic heterocycles.